The number of aromatic nitrogens is 3. The smallest absolute Gasteiger partial charge is 0.354 e. The molecule has 196 valence electrons. The summed E-state index contributed by atoms with van der Waals surface area (Å²) in [7, 11) is 0. The van der Waals surface area contributed by atoms with E-state index in [-0.39, 0.29) is 17.1 Å². The second-order valence-corrected chi connectivity index (χ2v) is 10.1. The first-order chi connectivity index (χ1) is 16.7. The number of halogens is 1. The van der Waals surface area contributed by atoms with Crippen LogP contribution in [0.4, 0.5) is 0 Å². The number of pyridine rings is 1. The number of carboxylic acids is 1. The molecule has 0 bridgehead atoms. The first kappa shape index (κ1) is 29.0. The van der Waals surface area contributed by atoms with E-state index < -0.39 is 5.97 Å². The van der Waals surface area contributed by atoms with Gasteiger partial charge in [-0.3, -0.25) is 0 Å². The average molecular weight is 509 g/mol. The normalized spacial score (nSPS) is 13.3. The Labute approximate surface area is 214 Å². The van der Waals surface area contributed by atoms with Gasteiger partial charge in [-0.05, 0) is 57.7 Å². The van der Waals surface area contributed by atoms with E-state index in [1.54, 1.807) is 0 Å². The lowest BCUT2D eigenvalue weighted by Crippen LogP contribution is -2.38. The molecule has 3 rings (SSSR count). The molecule has 0 saturated heterocycles. The van der Waals surface area contributed by atoms with Crippen molar-refractivity contribution in [3.8, 4) is 5.88 Å². The van der Waals surface area contributed by atoms with Crippen LogP contribution in [-0.4, -0.2) is 39.4 Å². The highest BCUT2D eigenvalue weighted by atomic mass is 35.5. The lowest BCUT2D eigenvalue weighted by Gasteiger charge is -2.22. The van der Waals surface area contributed by atoms with Gasteiger partial charge in [-0.1, -0.05) is 68.6 Å². The van der Waals surface area contributed by atoms with E-state index in [9.17, 15) is 4.79 Å². The molecule has 1 fully saturated rings. The summed E-state index contributed by atoms with van der Waals surface area (Å²) in [6.45, 7) is 9.86. The fraction of sp³-hybridized carbons (Fsp3) is 0.692. The zero-order valence-electron chi connectivity index (χ0n) is 21.6. The molecule has 35 heavy (non-hydrogen) atoms. The lowest BCUT2D eigenvalue weighted by atomic mass is 10.0. The van der Waals surface area contributed by atoms with Gasteiger partial charge in [0.1, 0.15) is 5.02 Å². The fourth-order valence-electron chi connectivity index (χ4n) is 3.42. The van der Waals surface area contributed by atoms with Crippen LogP contribution in [0.1, 0.15) is 107 Å². The van der Waals surface area contributed by atoms with Gasteiger partial charge in [0.15, 0.2) is 11.5 Å². The number of nitrogens with one attached hydrogen (secondary N) is 1. The number of carboxylic acid groups (broad SMARTS) is 1. The number of rotatable bonds is 15. The summed E-state index contributed by atoms with van der Waals surface area (Å²) in [6.07, 6.45) is 13.1. The van der Waals surface area contributed by atoms with E-state index in [1.165, 1.54) is 63.5 Å². The van der Waals surface area contributed by atoms with Gasteiger partial charge in [-0.25, -0.2) is 9.78 Å². The van der Waals surface area contributed by atoms with Gasteiger partial charge in [0.2, 0.25) is 11.8 Å². The second-order valence-electron chi connectivity index (χ2n) is 9.71. The van der Waals surface area contributed by atoms with Crippen molar-refractivity contribution in [2.45, 2.75) is 97.4 Å². The van der Waals surface area contributed by atoms with Gasteiger partial charge >= 0.3 is 5.97 Å². The average Bonchev–Trinajstić information content (AvgIpc) is 3.55. The zero-order chi connectivity index (χ0) is 25.7. The third-order valence-electron chi connectivity index (χ3n) is 5.87. The van der Waals surface area contributed by atoms with Gasteiger partial charge in [-0.2, -0.15) is 4.98 Å². The molecule has 9 heteroatoms. The van der Waals surface area contributed by atoms with Crippen LogP contribution in [0.25, 0.3) is 0 Å². The van der Waals surface area contributed by atoms with Crippen molar-refractivity contribution in [2.24, 2.45) is 5.92 Å². The van der Waals surface area contributed by atoms with Crippen molar-refractivity contribution in [3.63, 3.8) is 0 Å². The van der Waals surface area contributed by atoms with Crippen LogP contribution in [0.5, 0.6) is 5.88 Å². The maximum Gasteiger partial charge on any atom is 0.354 e. The Morgan fingerprint density at radius 2 is 1.80 bits per heavy atom. The Hall–Kier alpha value is -2.19. The standard InChI is InChI=1S/C16H31N3O.C10H10ClNO3/c1-5-6-7-8-9-10-11-12-13-17-16(3,4)15-18-14(2)20-19-15;11-7-3-4-8(10(13)14)12-9(7)15-5-6-1-2-6/h17H,5-13H2,1-4H3;3-4,6H,1-2,5H2,(H,13,14). The highest BCUT2D eigenvalue weighted by Crippen LogP contribution is 2.31. The van der Waals surface area contributed by atoms with Crippen molar-refractivity contribution in [2.75, 3.05) is 13.2 Å². The molecule has 1 aliphatic carbocycles. The molecule has 0 radical (unpaired) electrons. The van der Waals surface area contributed by atoms with Crippen LogP contribution in [-0.2, 0) is 5.54 Å². The largest absolute Gasteiger partial charge is 0.477 e. The van der Waals surface area contributed by atoms with Crippen LogP contribution < -0.4 is 10.1 Å². The van der Waals surface area contributed by atoms with Crippen molar-refractivity contribution in [1.29, 1.82) is 0 Å². The van der Waals surface area contributed by atoms with Crippen molar-refractivity contribution < 1.29 is 19.2 Å². The predicted octanol–water partition coefficient (Wildman–Crippen LogP) is 6.57. The van der Waals surface area contributed by atoms with Crippen LogP contribution in [0.3, 0.4) is 0 Å². The van der Waals surface area contributed by atoms with Crippen LogP contribution >= 0.6 is 11.6 Å². The number of carbonyl (C=O) groups is 1. The molecule has 8 nitrogen and oxygen atoms in total. The summed E-state index contributed by atoms with van der Waals surface area (Å²) in [5.74, 6) is 1.08. The Morgan fingerprint density at radius 3 is 2.37 bits per heavy atom. The van der Waals surface area contributed by atoms with Gasteiger partial charge in [0, 0.05) is 6.92 Å². The molecule has 0 amide bonds. The van der Waals surface area contributed by atoms with E-state index in [0.29, 0.717) is 23.4 Å². The summed E-state index contributed by atoms with van der Waals surface area (Å²) >= 11 is 5.82. The molecule has 1 aliphatic rings. The molecule has 1 saturated carbocycles. The molecule has 2 N–H and O–H groups in total. The molecule has 0 spiro atoms. The number of aromatic carboxylic acids is 1. The van der Waals surface area contributed by atoms with Crippen LogP contribution in [0.2, 0.25) is 5.02 Å². The molecule has 0 aliphatic heterocycles. The quantitative estimate of drug-likeness (QED) is 0.260. The summed E-state index contributed by atoms with van der Waals surface area (Å²) in [6, 6.07) is 2.84. The van der Waals surface area contributed by atoms with E-state index in [1.807, 2.05) is 6.92 Å². The highest BCUT2D eigenvalue weighted by Gasteiger charge is 2.25. The maximum absolute atomic E-state index is 10.7. The molecular weight excluding hydrogens is 468 g/mol. The van der Waals surface area contributed by atoms with Crippen molar-refractivity contribution in [1.82, 2.24) is 20.4 Å². The predicted molar refractivity (Wildman–Crippen MR) is 137 cm³/mol. The monoisotopic (exact) mass is 508 g/mol. The molecule has 2 heterocycles. The fourth-order valence-corrected chi connectivity index (χ4v) is 3.58. The first-order valence-electron chi connectivity index (χ1n) is 12.8. The molecular formula is C26H41ClN4O4. The minimum Gasteiger partial charge on any atom is -0.477 e. The van der Waals surface area contributed by atoms with Gasteiger partial charge in [0.05, 0.1) is 12.1 Å². The number of ether oxygens (including phenoxy) is 1. The summed E-state index contributed by atoms with van der Waals surface area (Å²) in [5.41, 5.74) is -0.260. The summed E-state index contributed by atoms with van der Waals surface area (Å²) < 4.78 is 10.4. The van der Waals surface area contributed by atoms with E-state index >= 15 is 0 Å². The Bertz CT molecular complexity index is 899. The Morgan fingerprint density at radius 1 is 1.14 bits per heavy atom. The Kier molecular flexibility index (Phi) is 12.5. The first-order valence-corrected chi connectivity index (χ1v) is 13.2. The molecule has 0 unspecified atom stereocenters. The molecule has 0 aromatic carbocycles. The Balaban J connectivity index is 0.000000256. The third-order valence-corrected chi connectivity index (χ3v) is 6.16. The number of nitrogens with zero attached hydrogens (tertiary/aromatic N) is 3. The van der Waals surface area contributed by atoms with E-state index in [2.05, 4.69) is 41.2 Å². The van der Waals surface area contributed by atoms with Gasteiger partial charge < -0.3 is 19.7 Å². The SMILES string of the molecule is CCCCCCCCCCNC(C)(C)c1noc(C)n1.O=C(O)c1ccc(Cl)c(OCC2CC2)n1. The van der Waals surface area contributed by atoms with E-state index in [4.69, 9.17) is 26.0 Å². The van der Waals surface area contributed by atoms with Gasteiger partial charge in [-0.15, -0.1) is 0 Å². The topological polar surface area (TPSA) is 110 Å². The van der Waals surface area contributed by atoms with Gasteiger partial charge in [0.25, 0.3) is 0 Å². The molecule has 0 atom stereocenters. The van der Waals surface area contributed by atoms with Crippen LogP contribution in [0.15, 0.2) is 16.7 Å². The number of unbranched alkanes of at least 4 members (excludes halogenated alkanes) is 7. The lowest BCUT2D eigenvalue weighted by molar-refractivity contribution is 0.0689. The maximum atomic E-state index is 10.7. The molecule has 2 aromatic rings. The second kappa shape index (κ2) is 15.0. The van der Waals surface area contributed by atoms with Crippen molar-refractivity contribution in [3.05, 3.63) is 34.6 Å². The highest BCUT2D eigenvalue weighted by molar-refractivity contribution is 6.31. The number of aryl methyl sites for hydroxylation is 1. The minimum atomic E-state index is -1.08. The number of hydrogen-bond donors (Lipinski definition) is 2. The zero-order valence-corrected chi connectivity index (χ0v) is 22.4. The van der Waals surface area contributed by atoms with Crippen molar-refractivity contribution >= 4 is 17.6 Å². The summed E-state index contributed by atoms with van der Waals surface area (Å²) in [4.78, 5) is 18.8. The third kappa shape index (κ3) is 11.4. The molecule has 2 aromatic heterocycles. The minimum absolute atomic E-state index is 0.0507. The number of hydrogen-bond acceptors (Lipinski definition) is 7. The van der Waals surface area contributed by atoms with E-state index in [0.717, 1.165) is 25.2 Å². The summed E-state index contributed by atoms with van der Waals surface area (Å²) in [5, 5.41) is 16.6. The van der Waals surface area contributed by atoms with Crippen LogP contribution in [0, 0.1) is 12.8 Å².